The van der Waals surface area contributed by atoms with Crippen molar-refractivity contribution in [3.63, 3.8) is 0 Å². The predicted octanol–water partition coefficient (Wildman–Crippen LogP) is 5.31. The van der Waals surface area contributed by atoms with Gasteiger partial charge in [-0.15, -0.1) is 12.4 Å². The molecule has 1 N–H and O–H groups in total. The van der Waals surface area contributed by atoms with Crippen LogP contribution in [0.15, 0.2) is 18.2 Å². The van der Waals surface area contributed by atoms with Crippen LogP contribution in [-0.4, -0.2) is 30.2 Å². The Labute approximate surface area is 169 Å². The second-order valence-corrected chi connectivity index (χ2v) is 6.25. The summed E-state index contributed by atoms with van der Waals surface area (Å²) in [5.74, 6) is 2.42. The fourth-order valence-corrected chi connectivity index (χ4v) is 3.01. The number of hydrogen-bond acceptors (Lipinski definition) is 5. The van der Waals surface area contributed by atoms with Gasteiger partial charge in [-0.3, -0.25) is 0 Å². The minimum Gasteiger partial charge on any atom is -0.497 e. The molecule has 27 heavy (non-hydrogen) atoms. The van der Waals surface area contributed by atoms with Gasteiger partial charge in [-0.25, -0.2) is 9.97 Å². The number of halogens is 1. The normalized spacial score (nSPS) is 10.5. The molecule has 0 aliphatic carbocycles. The SMILES string of the molecule is CCc1nc(-c2ccc(OC)cc2OC)c(CC)nc1NC(CC)CC.Cl. The fourth-order valence-electron chi connectivity index (χ4n) is 3.01. The van der Waals surface area contributed by atoms with E-state index in [1.165, 1.54) is 0 Å². The van der Waals surface area contributed by atoms with Crippen molar-refractivity contribution in [3.8, 4) is 22.8 Å². The summed E-state index contributed by atoms with van der Waals surface area (Å²) >= 11 is 0. The van der Waals surface area contributed by atoms with Gasteiger partial charge < -0.3 is 14.8 Å². The summed E-state index contributed by atoms with van der Waals surface area (Å²) in [5, 5.41) is 3.57. The number of methoxy groups -OCH3 is 2. The molecule has 0 unspecified atom stereocenters. The van der Waals surface area contributed by atoms with Gasteiger partial charge in [0.2, 0.25) is 0 Å². The third-order valence-corrected chi connectivity index (χ3v) is 4.70. The first-order valence-corrected chi connectivity index (χ1v) is 9.50. The third-order valence-electron chi connectivity index (χ3n) is 4.70. The van der Waals surface area contributed by atoms with E-state index in [-0.39, 0.29) is 12.4 Å². The van der Waals surface area contributed by atoms with E-state index in [4.69, 9.17) is 19.4 Å². The molecule has 0 atom stereocenters. The second-order valence-electron chi connectivity index (χ2n) is 6.25. The van der Waals surface area contributed by atoms with E-state index >= 15 is 0 Å². The smallest absolute Gasteiger partial charge is 0.148 e. The van der Waals surface area contributed by atoms with Crippen LogP contribution in [-0.2, 0) is 12.8 Å². The lowest BCUT2D eigenvalue weighted by Crippen LogP contribution is -2.20. The lowest BCUT2D eigenvalue weighted by molar-refractivity contribution is 0.395. The number of nitrogens with one attached hydrogen (secondary N) is 1. The molecule has 1 aromatic carbocycles. The van der Waals surface area contributed by atoms with Crippen molar-refractivity contribution in [2.75, 3.05) is 19.5 Å². The minimum absolute atomic E-state index is 0. The van der Waals surface area contributed by atoms with Crippen molar-refractivity contribution in [1.82, 2.24) is 9.97 Å². The number of anilines is 1. The molecule has 1 aromatic heterocycles. The number of ether oxygens (including phenoxy) is 2. The summed E-state index contributed by atoms with van der Waals surface area (Å²) in [6.07, 6.45) is 3.76. The number of aromatic nitrogens is 2. The molecule has 0 aliphatic heterocycles. The highest BCUT2D eigenvalue weighted by molar-refractivity contribution is 5.85. The van der Waals surface area contributed by atoms with Gasteiger partial charge in [0.05, 0.1) is 31.3 Å². The van der Waals surface area contributed by atoms with Gasteiger partial charge >= 0.3 is 0 Å². The molecule has 0 bridgehead atoms. The Kier molecular flexibility index (Phi) is 9.36. The molecule has 0 aliphatic rings. The summed E-state index contributed by atoms with van der Waals surface area (Å²) in [4.78, 5) is 9.90. The van der Waals surface area contributed by atoms with E-state index in [9.17, 15) is 0 Å². The predicted molar refractivity (Wildman–Crippen MR) is 115 cm³/mol. The maximum absolute atomic E-state index is 5.58. The average Bonchev–Trinajstić information content (AvgIpc) is 2.70. The topological polar surface area (TPSA) is 56.3 Å². The second kappa shape index (κ2) is 11.0. The van der Waals surface area contributed by atoms with Gasteiger partial charge in [-0.2, -0.15) is 0 Å². The summed E-state index contributed by atoms with van der Waals surface area (Å²) in [6.45, 7) is 8.61. The molecule has 0 spiro atoms. The van der Waals surface area contributed by atoms with Crippen LogP contribution in [0.2, 0.25) is 0 Å². The zero-order valence-electron chi connectivity index (χ0n) is 17.3. The molecule has 2 rings (SSSR count). The summed E-state index contributed by atoms with van der Waals surface area (Å²) in [5.41, 5.74) is 3.79. The van der Waals surface area contributed by atoms with Crippen LogP contribution in [0.4, 0.5) is 5.82 Å². The zero-order valence-corrected chi connectivity index (χ0v) is 18.1. The van der Waals surface area contributed by atoms with Crippen LogP contribution in [0.1, 0.15) is 51.9 Å². The van der Waals surface area contributed by atoms with Crippen molar-refractivity contribution in [1.29, 1.82) is 0 Å². The molecule has 5 nitrogen and oxygen atoms in total. The Bertz CT molecular complexity index is 734. The van der Waals surface area contributed by atoms with E-state index in [2.05, 4.69) is 33.0 Å². The highest BCUT2D eigenvalue weighted by Crippen LogP contribution is 2.35. The Hall–Kier alpha value is -2.01. The van der Waals surface area contributed by atoms with Gasteiger partial charge in [0.25, 0.3) is 0 Å². The highest BCUT2D eigenvalue weighted by atomic mass is 35.5. The monoisotopic (exact) mass is 393 g/mol. The molecular weight excluding hydrogens is 362 g/mol. The van der Waals surface area contributed by atoms with E-state index in [0.717, 1.165) is 65.6 Å². The number of rotatable bonds is 9. The molecule has 0 radical (unpaired) electrons. The molecule has 2 aromatic rings. The van der Waals surface area contributed by atoms with E-state index < -0.39 is 0 Å². The van der Waals surface area contributed by atoms with Gasteiger partial charge in [0, 0.05) is 17.7 Å². The van der Waals surface area contributed by atoms with E-state index in [0.29, 0.717) is 6.04 Å². The molecule has 0 amide bonds. The molecule has 0 saturated heterocycles. The minimum atomic E-state index is 0. The van der Waals surface area contributed by atoms with Crippen molar-refractivity contribution in [2.45, 2.75) is 59.4 Å². The fraction of sp³-hybridized carbons (Fsp3) is 0.524. The number of aryl methyl sites for hydroxylation is 2. The average molecular weight is 394 g/mol. The Morgan fingerprint density at radius 1 is 0.926 bits per heavy atom. The molecule has 0 saturated carbocycles. The Balaban J connectivity index is 0.00000364. The Morgan fingerprint density at radius 2 is 1.59 bits per heavy atom. The first-order chi connectivity index (χ1) is 12.6. The van der Waals surface area contributed by atoms with Crippen LogP contribution in [0, 0.1) is 0 Å². The van der Waals surface area contributed by atoms with Gasteiger partial charge in [0.1, 0.15) is 17.3 Å². The lowest BCUT2D eigenvalue weighted by atomic mass is 10.1. The third kappa shape index (κ3) is 5.25. The van der Waals surface area contributed by atoms with Crippen molar-refractivity contribution < 1.29 is 9.47 Å². The number of nitrogens with zero attached hydrogens (tertiary/aromatic N) is 2. The van der Waals surface area contributed by atoms with Gasteiger partial charge in [-0.05, 0) is 37.8 Å². The number of hydrogen-bond donors (Lipinski definition) is 1. The standard InChI is InChI=1S/C21H31N3O2.ClH/c1-7-14(8-2)22-21-18(10-4)23-20(17(9-3)24-21)16-12-11-15(25-5)13-19(16)26-6;/h11-14H,7-10H2,1-6H3,(H,22,24);1H. The summed E-state index contributed by atoms with van der Waals surface area (Å²) in [6, 6.07) is 6.23. The molecule has 1 heterocycles. The first kappa shape index (κ1) is 23.0. The van der Waals surface area contributed by atoms with Crippen molar-refractivity contribution in [2.24, 2.45) is 0 Å². The van der Waals surface area contributed by atoms with Gasteiger partial charge in [0.15, 0.2) is 0 Å². The van der Waals surface area contributed by atoms with Crippen molar-refractivity contribution in [3.05, 3.63) is 29.6 Å². The Morgan fingerprint density at radius 3 is 2.11 bits per heavy atom. The number of benzene rings is 1. The van der Waals surface area contributed by atoms with Crippen LogP contribution < -0.4 is 14.8 Å². The zero-order chi connectivity index (χ0) is 19.1. The quantitative estimate of drug-likeness (QED) is 0.625. The van der Waals surface area contributed by atoms with Crippen LogP contribution >= 0.6 is 12.4 Å². The van der Waals surface area contributed by atoms with Gasteiger partial charge in [-0.1, -0.05) is 27.7 Å². The van der Waals surface area contributed by atoms with Crippen LogP contribution in [0.5, 0.6) is 11.5 Å². The van der Waals surface area contributed by atoms with E-state index in [1.54, 1.807) is 14.2 Å². The van der Waals surface area contributed by atoms with Crippen LogP contribution in [0.3, 0.4) is 0 Å². The van der Waals surface area contributed by atoms with E-state index in [1.807, 2.05) is 18.2 Å². The molecule has 0 fully saturated rings. The molecular formula is C21H32ClN3O2. The maximum Gasteiger partial charge on any atom is 0.148 e. The lowest BCUT2D eigenvalue weighted by Gasteiger charge is -2.20. The van der Waals surface area contributed by atoms with Crippen molar-refractivity contribution >= 4 is 18.2 Å². The maximum atomic E-state index is 5.58. The molecule has 150 valence electrons. The highest BCUT2D eigenvalue weighted by Gasteiger charge is 2.18. The summed E-state index contributed by atoms with van der Waals surface area (Å²) in [7, 11) is 3.32. The largest absolute Gasteiger partial charge is 0.497 e. The van der Waals surface area contributed by atoms with Crippen LogP contribution in [0.25, 0.3) is 11.3 Å². The summed E-state index contributed by atoms with van der Waals surface area (Å²) < 4.78 is 10.9. The first-order valence-electron chi connectivity index (χ1n) is 9.50. The molecule has 6 heteroatoms.